The molecule has 0 amide bonds. The number of fused-ring (bicyclic) bond motifs is 2. The van der Waals surface area contributed by atoms with Gasteiger partial charge >= 0.3 is 12.1 Å². The Hall–Kier alpha value is -2.71. The van der Waals surface area contributed by atoms with Crippen LogP contribution in [-0.4, -0.2) is 27.6 Å². The standard InChI is InChI=1S/C18H16F3NO5/c1-8(23)27-7-12-11(4-5-13(22-12)18(19,20)21)17(26)14-15(24)9-2-3-10(6-9)16(14)25/h4-5,9-10,24H,2-3,6-7H2,1H3. The van der Waals surface area contributed by atoms with Gasteiger partial charge in [0.25, 0.3) is 0 Å². The van der Waals surface area contributed by atoms with Gasteiger partial charge in [-0.25, -0.2) is 4.98 Å². The lowest BCUT2D eigenvalue weighted by atomic mass is 9.83. The number of nitrogens with zero attached hydrogens (tertiary/aromatic N) is 1. The van der Waals surface area contributed by atoms with Crippen LogP contribution in [0.4, 0.5) is 13.2 Å². The molecule has 2 bridgehead atoms. The minimum Gasteiger partial charge on any atom is -0.511 e. The predicted molar refractivity (Wildman–Crippen MR) is 84.5 cm³/mol. The monoisotopic (exact) mass is 383 g/mol. The predicted octanol–water partition coefficient (Wildman–Crippen LogP) is 3.16. The topological polar surface area (TPSA) is 93.6 Å². The van der Waals surface area contributed by atoms with Gasteiger partial charge in [-0.1, -0.05) is 0 Å². The van der Waals surface area contributed by atoms with Crippen LogP contribution < -0.4 is 0 Å². The number of ketones is 2. The van der Waals surface area contributed by atoms with Crippen molar-refractivity contribution in [2.75, 3.05) is 0 Å². The van der Waals surface area contributed by atoms with Crippen LogP contribution in [-0.2, 0) is 27.1 Å². The van der Waals surface area contributed by atoms with Crippen LogP contribution in [0.3, 0.4) is 0 Å². The summed E-state index contributed by atoms with van der Waals surface area (Å²) in [6.07, 6.45) is -3.17. The molecule has 2 aliphatic rings. The highest BCUT2D eigenvalue weighted by molar-refractivity contribution is 6.28. The summed E-state index contributed by atoms with van der Waals surface area (Å²) >= 11 is 0. The van der Waals surface area contributed by atoms with E-state index in [4.69, 9.17) is 4.74 Å². The number of Topliss-reactive ketones (excluding diaryl/α,β-unsaturated/α-hetero) is 2. The summed E-state index contributed by atoms with van der Waals surface area (Å²) in [5.74, 6) is -3.17. The van der Waals surface area contributed by atoms with E-state index in [1.807, 2.05) is 0 Å². The van der Waals surface area contributed by atoms with Crippen molar-refractivity contribution in [3.05, 3.63) is 40.4 Å². The van der Waals surface area contributed by atoms with E-state index in [0.717, 1.165) is 13.0 Å². The molecule has 0 saturated heterocycles. The van der Waals surface area contributed by atoms with Gasteiger partial charge in [-0.3, -0.25) is 14.4 Å². The van der Waals surface area contributed by atoms with Crippen LogP contribution in [0, 0.1) is 11.8 Å². The number of halogens is 3. The molecule has 1 N–H and O–H groups in total. The zero-order chi connectivity index (χ0) is 19.9. The van der Waals surface area contributed by atoms with Gasteiger partial charge in [0.15, 0.2) is 5.78 Å². The summed E-state index contributed by atoms with van der Waals surface area (Å²) < 4.78 is 43.5. The van der Waals surface area contributed by atoms with Crippen LogP contribution in [0.5, 0.6) is 0 Å². The number of aromatic nitrogens is 1. The molecule has 2 aliphatic carbocycles. The minimum absolute atomic E-state index is 0.300. The second-order valence-corrected chi connectivity index (χ2v) is 6.63. The Labute approximate surface area is 152 Å². The third kappa shape index (κ3) is 3.58. The van der Waals surface area contributed by atoms with Crippen molar-refractivity contribution in [2.45, 2.75) is 39.0 Å². The number of hydrogen-bond acceptors (Lipinski definition) is 6. The molecular weight excluding hydrogens is 367 g/mol. The summed E-state index contributed by atoms with van der Waals surface area (Å²) in [6, 6.07) is 1.51. The van der Waals surface area contributed by atoms with E-state index in [1.54, 1.807) is 0 Å². The summed E-state index contributed by atoms with van der Waals surface area (Å²) in [7, 11) is 0. The Morgan fingerprint density at radius 2 is 1.93 bits per heavy atom. The van der Waals surface area contributed by atoms with Crippen LogP contribution in [0.2, 0.25) is 0 Å². The maximum absolute atomic E-state index is 12.9. The lowest BCUT2D eigenvalue weighted by molar-refractivity contribution is -0.142. The van der Waals surface area contributed by atoms with Gasteiger partial charge in [-0.2, -0.15) is 13.2 Å². The average molecular weight is 383 g/mol. The highest BCUT2D eigenvalue weighted by Crippen LogP contribution is 2.43. The molecule has 6 nitrogen and oxygen atoms in total. The molecule has 144 valence electrons. The largest absolute Gasteiger partial charge is 0.511 e. The van der Waals surface area contributed by atoms with Crippen molar-refractivity contribution in [3.8, 4) is 0 Å². The van der Waals surface area contributed by atoms with Crippen molar-refractivity contribution in [1.29, 1.82) is 0 Å². The smallest absolute Gasteiger partial charge is 0.433 e. The Balaban J connectivity index is 2.04. The molecule has 1 aromatic heterocycles. The summed E-state index contributed by atoms with van der Waals surface area (Å²) in [5, 5.41) is 10.3. The third-order valence-electron chi connectivity index (χ3n) is 4.84. The van der Waals surface area contributed by atoms with Gasteiger partial charge in [0.1, 0.15) is 23.6 Å². The number of allylic oxidation sites excluding steroid dienone is 2. The zero-order valence-corrected chi connectivity index (χ0v) is 14.3. The van der Waals surface area contributed by atoms with E-state index in [1.165, 1.54) is 0 Å². The van der Waals surface area contributed by atoms with Crippen molar-refractivity contribution < 1.29 is 37.4 Å². The number of hydrogen-bond donors (Lipinski definition) is 1. The third-order valence-corrected chi connectivity index (χ3v) is 4.84. The highest BCUT2D eigenvalue weighted by Gasteiger charge is 2.44. The highest BCUT2D eigenvalue weighted by atomic mass is 19.4. The van der Waals surface area contributed by atoms with E-state index in [2.05, 4.69) is 4.98 Å². The second kappa shape index (κ2) is 6.79. The number of esters is 1. The van der Waals surface area contributed by atoms with E-state index >= 15 is 0 Å². The first-order valence-corrected chi connectivity index (χ1v) is 8.32. The fourth-order valence-electron chi connectivity index (χ4n) is 3.51. The van der Waals surface area contributed by atoms with Gasteiger partial charge in [0, 0.05) is 24.3 Å². The molecule has 0 aliphatic heterocycles. The lowest BCUT2D eigenvalue weighted by Gasteiger charge is -2.21. The van der Waals surface area contributed by atoms with Gasteiger partial charge in [-0.15, -0.1) is 0 Å². The summed E-state index contributed by atoms with van der Waals surface area (Å²) in [5.41, 5.74) is -2.38. The van der Waals surface area contributed by atoms with Gasteiger partial charge in [0.05, 0.1) is 5.69 Å². The van der Waals surface area contributed by atoms with Crippen LogP contribution in [0.1, 0.15) is 47.9 Å². The van der Waals surface area contributed by atoms with Crippen LogP contribution in [0.25, 0.3) is 0 Å². The Bertz CT molecular complexity index is 859. The second-order valence-electron chi connectivity index (χ2n) is 6.63. The number of aliphatic hydroxyl groups is 1. The van der Waals surface area contributed by atoms with E-state index < -0.39 is 47.3 Å². The molecule has 1 saturated carbocycles. The number of pyridine rings is 1. The van der Waals surface area contributed by atoms with Crippen molar-refractivity contribution >= 4 is 17.5 Å². The lowest BCUT2D eigenvalue weighted by Crippen LogP contribution is -2.28. The SMILES string of the molecule is CC(=O)OCc1nc(C(F)(F)F)ccc1C(=O)C1=C(O)C2CCC(C2)C1=O. The molecule has 1 heterocycles. The average Bonchev–Trinajstić information content (AvgIpc) is 3.04. The first-order chi connectivity index (χ1) is 12.6. The number of aliphatic hydroxyl groups excluding tert-OH is 1. The van der Waals surface area contributed by atoms with E-state index in [0.29, 0.717) is 25.3 Å². The Morgan fingerprint density at radius 3 is 2.56 bits per heavy atom. The minimum atomic E-state index is -4.76. The fourth-order valence-corrected chi connectivity index (χ4v) is 3.51. The molecule has 27 heavy (non-hydrogen) atoms. The fraction of sp³-hybridized carbons (Fsp3) is 0.444. The Morgan fingerprint density at radius 1 is 1.26 bits per heavy atom. The number of rotatable bonds is 4. The normalized spacial score (nSPS) is 22.1. The van der Waals surface area contributed by atoms with Crippen molar-refractivity contribution in [2.24, 2.45) is 11.8 Å². The van der Waals surface area contributed by atoms with Crippen molar-refractivity contribution in [3.63, 3.8) is 0 Å². The van der Waals surface area contributed by atoms with Crippen LogP contribution in [0.15, 0.2) is 23.5 Å². The quantitative estimate of drug-likeness (QED) is 0.488. The molecule has 1 fully saturated rings. The maximum Gasteiger partial charge on any atom is 0.433 e. The van der Waals surface area contributed by atoms with E-state index in [9.17, 15) is 32.7 Å². The molecule has 0 spiro atoms. The molecule has 9 heteroatoms. The van der Waals surface area contributed by atoms with Gasteiger partial charge in [0.2, 0.25) is 5.78 Å². The summed E-state index contributed by atoms with van der Waals surface area (Å²) in [4.78, 5) is 39.8. The first-order valence-electron chi connectivity index (χ1n) is 8.32. The molecular formula is C18H16F3NO5. The molecule has 0 radical (unpaired) electrons. The van der Waals surface area contributed by atoms with Crippen molar-refractivity contribution in [1.82, 2.24) is 4.98 Å². The first kappa shape index (κ1) is 19.1. The molecule has 2 atom stereocenters. The van der Waals surface area contributed by atoms with Gasteiger partial charge < -0.3 is 9.84 Å². The van der Waals surface area contributed by atoms with Crippen LogP contribution >= 0.6 is 0 Å². The summed E-state index contributed by atoms with van der Waals surface area (Å²) in [6.45, 7) is 0.404. The number of carbonyl (C=O) groups excluding carboxylic acids is 3. The number of alkyl halides is 3. The molecule has 3 rings (SSSR count). The maximum atomic E-state index is 12.9. The number of carbonyl (C=O) groups is 3. The molecule has 0 aromatic carbocycles. The van der Waals surface area contributed by atoms with E-state index in [-0.39, 0.29) is 23.2 Å². The molecule has 1 aromatic rings. The Kier molecular flexibility index (Phi) is 4.79. The molecule has 2 unspecified atom stereocenters. The zero-order valence-electron chi connectivity index (χ0n) is 14.3. The number of ether oxygens (including phenoxy) is 1. The van der Waals surface area contributed by atoms with Gasteiger partial charge in [-0.05, 0) is 31.4 Å².